The third-order valence-electron chi connectivity index (χ3n) is 4.48. The Labute approximate surface area is 182 Å². The number of amides is 2. The molecule has 30 heavy (non-hydrogen) atoms. The molecule has 2 aromatic rings. The zero-order chi connectivity index (χ0) is 22.1. The highest BCUT2D eigenvalue weighted by Crippen LogP contribution is 2.17. The SMILES string of the molecule is CC(C)NC(=O)[C@H](C)N(Cc1ccc(F)cc1)C(=O)CCCOc1ccc(Cl)cc1. The summed E-state index contributed by atoms with van der Waals surface area (Å²) in [6.45, 7) is 6.02. The summed E-state index contributed by atoms with van der Waals surface area (Å²) < 4.78 is 18.8. The summed E-state index contributed by atoms with van der Waals surface area (Å²) in [6, 6.07) is 12.2. The monoisotopic (exact) mass is 434 g/mol. The smallest absolute Gasteiger partial charge is 0.242 e. The maximum atomic E-state index is 13.2. The number of carbonyl (C=O) groups excluding carboxylic acids is 2. The Bertz CT molecular complexity index is 825. The van der Waals surface area contributed by atoms with E-state index < -0.39 is 6.04 Å². The molecular formula is C23H28ClFN2O3. The third-order valence-corrected chi connectivity index (χ3v) is 4.73. The van der Waals surface area contributed by atoms with Crippen molar-refractivity contribution in [1.29, 1.82) is 0 Å². The third kappa shape index (κ3) is 7.67. The first-order valence-corrected chi connectivity index (χ1v) is 10.4. The minimum Gasteiger partial charge on any atom is -0.494 e. The topological polar surface area (TPSA) is 58.6 Å². The molecular weight excluding hydrogens is 407 g/mol. The van der Waals surface area contributed by atoms with Gasteiger partial charge in [0.05, 0.1) is 6.61 Å². The molecule has 162 valence electrons. The van der Waals surface area contributed by atoms with Crippen LogP contribution in [0.25, 0.3) is 0 Å². The Morgan fingerprint density at radius 3 is 2.30 bits per heavy atom. The molecule has 1 N–H and O–H groups in total. The second-order valence-electron chi connectivity index (χ2n) is 7.39. The molecule has 0 aromatic heterocycles. The fourth-order valence-electron chi connectivity index (χ4n) is 2.86. The van der Waals surface area contributed by atoms with Crippen LogP contribution in [0.4, 0.5) is 4.39 Å². The summed E-state index contributed by atoms with van der Waals surface area (Å²) in [7, 11) is 0. The van der Waals surface area contributed by atoms with Gasteiger partial charge in [-0.25, -0.2) is 4.39 Å². The Kier molecular flexibility index (Phi) is 9.12. The van der Waals surface area contributed by atoms with Gasteiger partial charge in [0.15, 0.2) is 0 Å². The Hall–Kier alpha value is -2.60. The van der Waals surface area contributed by atoms with Crippen LogP contribution in [0.15, 0.2) is 48.5 Å². The largest absolute Gasteiger partial charge is 0.494 e. The van der Waals surface area contributed by atoms with Gasteiger partial charge in [-0.1, -0.05) is 23.7 Å². The summed E-state index contributed by atoms with van der Waals surface area (Å²) in [5.74, 6) is -0.0513. The minimum absolute atomic E-state index is 0.0319. The Morgan fingerprint density at radius 1 is 1.07 bits per heavy atom. The quantitative estimate of drug-likeness (QED) is 0.557. The van der Waals surface area contributed by atoms with Gasteiger partial charge in [0.2, 0.25) is 11.8 Å². The molecule has 5 nitrogen and oxygen atoms in total. The number of nitrogens with one attached hydrogen (secondary N) is 1. The van der Waals surface area contributed by atoms with E-state index >= 15 is 0 Å². The molecule has 2 amide bonds. The number of ether oxygens (including phenoxy) is 1. The fourth-order valence-corrected chi connectivity index (χ4v) is 2.99. The van der Waals surface area contributed by atoms with Crippen LogP contribution < -0.4 is 10.1 Å². The van der Waals surface area contributed by atoms with Gasteiger partial charge in [0, 0.05) is 24.0 Å². The highest BCUT2D eigenvalue weighted by molar-refractivity contribution is 6.30. The van der Waals surface area contributed by atoms with Crippen LogP contribution in [0.3, 0.4) is 0 Å². The molecule has 2 aromatic carbocycles. The van der Waals surface area contributed by atoms with Crippen LogP contribution >= 0.6 is 11.6 Å². The predicted molar refractivity (Wildman–Crippen MR) is 116 cm³/mol. The molecule has 1 atom stereocenters. The summed E-state index contributed by atoms with van der Waals surface area (Å²) in [5, 5.41) is 3.47. The zero-order valence-electron chi connectivity index (χ0n) is 17.5. The van der Waals surface area contributed by atoms with Crippen LogP contribution in [0.2, 0.25) is 5.02 Å². The lowest BCUT2D eigenvalue weighted by atomic mass is 10.1. The van der Waals surface area contributed by atoms with Crippen LogP contribution in [0, 0.1) is 5.82 Å². The van der Waals surface area contributed by atoms with E-state index in [0.717, 1.165) is 5.56 Å². The fraction of sp³-hybridized carbons (Fsp3) is 0.391. The minimum atomic E-state index is -0.651. The van der Waals surface area contributed by atoms with E-state index in [9.17, 15) is 14.0 Å². The molecule has 0 fully saturated rings. The summed E-state index contributed by atoms with van der Waals surface area (Å²) >= 11 is 5.85. The predicted octanol–water partition coefficient (Wildman–Crippen LogP) is 4.58. The first kappa shape index (κ1) is 23.7. The average Bonchev–Trinajstić information content (AvgIpc) is 2.71. The Balaban J connectivity index is 1.98. The lowest BCUT2D eigenvalue weighted by Gasteiger charge is -2.29. The van der Waals surface area contributed by atoms with E-state index in [1.165, 1.54) is 17.0 Å². The highest BCUT2D eigenvalue weighted by atomic mass is 35.5. The summed E-state index contributed by atoms with van der Waals surface area (Å²) in [6.07, 6.45) is 0.730. The lowest BCUT2D eigenvalue weighted by molar-refractivity contribution is -0.141. The molecule has 0 radical (unpaired) electrons. The zero-order valence-corrected chi connectivity index (χ0v) is 18.3. The molecule has 0 saturated heterocycles. The summed E-state index contributed by atoms with van der Waals surface area (Å²) in [4.78, 5) is 26.9. The van der Waals surface area contributed by atoms with Gasteiger partial charge in [0.25, 0.3) is 0 Å². The van der Waals surface area contributed by atoms with Crippen LogP contribution in [0.1, 0.15) is 39.2 Å². The van der Waals surface area contributed by atoms with E-state index in [-0.39, 0.29) is 36.6 Å². The number of carbonyl (C=O) groups is 2. The standard InChI is InChI=1S/C23H28ClFN2O3/c1-16(2)26-23(29)17(3)27(15-18-6-10-20(25)11-7-18)22(28)5-4-14-30-21-12-8-19(24)9-13-21/h6-13,16-17H,4-5,14-15H2,1-3H3,(H,26,29)/t17-/m0/s1. The number of halogens is 2. The number of benzene rings is 2. The molecule has 0 heterocycles. The van der Waals surface area contributed by atoms with Crippen molar-refractivity contribution < 1.29 is 18.7 Å². The van der Waals surface area contributed by atoms with Crippen molar-refractivity contribution in [3.63, 3.8) is 0 Å². The van der Waals surface area contributed by atoms with Gasteiger partial charge in [-0.05, 0) is 69.2 Å². The van der Waals surface area contributed by atoms with Crippen molar-refractivity contribution in [1.82, 2.24) is 10.2 Å². The van der Waals surface area contributed by atoms with Gasteiger partial charge < -0.3 is 15.0 Å². The summed E-state index contributed by atoms with van der Waals surface area (Å²) in [5.41, 5.74) is 0.756. The van der Waals surface area contributed by atoms with E-state index in [4.69, 9.17) is 16.3 Å². The number of nitrogens with zero attached hydrogens (tertiary/aromatic N) is 1. The van der Waals surface area contributed by atoms with Gasteiger partial charge >= 0.3 is 0 Å². The van der Waals surface area contributed by atoms with Crippen molar-refractivity contribution in [2.45, 2.75) is 52.2 Å². The van der Waals surface area contributed by atoms with Crippen molar-refractivity contribution in [2.24, 2.45) is 0 Å². The molecule has 0 spiro atoms. The molecule has 0 bridgehead atoms. The van der Waals surface area contributed by atoms with E-state index in [1.807, 2.05) is 13.8 Å². The molecule has 0 unspecified atom stereocenters. The van der Waals surface area contributed by atoms with Crippen molar-refractivity contribution in [3.05, 3.63) is 64.9 Å². The van der Waals surface area contributed by atoms with Gasteiger partial charge in [-0.2, -0.15) is 0 Å². The second kappa shape index (κ2) is 11.6. The van der Waals surface area contributed by atoms with E-state index in [1.54, 1.807) is 43.3 Å². The van der Waals surface area contributed by atoms with E-state index in [2.05, 4.69) is 5.32 Å². The number of hydrogen-bond acceptors (Lipinski definition) is 3. The highest BCUT2D eigenvalue weighted by Gasteiger charge is 2.26. The molecule has 0 aliphatic rings. The molecule has 0 aliphatic carbocycles. The maximum Gasteiger partial charge on any atom is 0.242 e. The molecule has 0 saturated carbocycles. The number of rotatable bonds is 10. The average molecular weight is 435 g/mol. The molecule has 0 aliphatic heterocycles. The first-order valence-electron chi connectivity index (χ1n) is 9.99. The normalized spacial score (nSPS) is 11.8. The molecule has 7 heteroatoms. The second-order valence-corrected chi connectivity index (χ2v) is 7.83. The van der Waals surface area contributed by atoms with Crippen LogP contribution in [-0.2, 0) is 16.1 Å². The van der Waals surface area contributed by atoms with Crippen molar-refractivity contribution >= 4 is 23.4 Å². The molecule has 2 rings (SSSR count). The first-order chi connectivity index (χ1) is 14.3. The van der Waals surface area contributed by atoms with E-state index in [0.29, 0.717) is 23.8 Å². The van der Waals surface area contributed by atoms with Crippen LogP contribution in [-0.4, -0.2) is 35.4 Å². The van der Waals surface area contributed by atoms with Gasteiger partial charge in [0.1, 0.15) is 17.6 Å². The van der Waals surface area contributed by atoms with Crippen molar-refractivity contribution in [2.75, 3.05) is 6.61 Å². The van der Waals surface area contributed by atoms with Crippen LogP contribution in [0.5, 0.6) is 5.75 Å². The van der Waals surface area contributed by atoms with Gasteiger partial charge in [-0.15, -0.1) is 0 Å². The number of hydrogen-bond donors (Lipinski definition) is 1. The maximum absolute atomic E-state index is 13.2. The Morgan fingerprint density at radius 2 is 1.70 bits per heavy atom. The van der Waals surface area contributed by atoms with Gasteiger partial charge in [-0.3, -0.25) is 9.59 Å². The van der Waals surface area contributed by atoms with Crippen molar-refractivity contribution in [3.8, 4) is 5.75 Å². The lowest BCUT2D eigenvalue weighted by Crippen LogP contribution is -2.49.